The fraction of sp³-hybridized carbons (Fsp3) is 0.833. The maximum Gasteiger partial charge on any atom is 0.220 e. The van der Waals surface area contributed by atoms with Gasteiger partial charge in [-0.1, -0.05) is 33.1 Å². The minimum atomic E-state index is -0.325. The van der Waals surface area contributed by atoms with E-state index in [0.29, 0.717) is 12.8 Å². The SMILES string of the molecule is CCCCCCC(=O)NC(C)C(=O)CC. The van der Waals surface area contributed by atoms with Crippen molar-refractivity contribution < 1.29 is 9.59 Å². The zero-order valence-corrected chi connectivity index (χ0v) is 10.1. The molecule has 0 aromatic carbocycles. The van der Waals surface area contributed by atoms with E-state index < -0.39 is 0 Å². The number of hydrogen-bond acceptors (Lipinski definition) is 2. The Morgan fingerprint density at radius 2 is 1.80 bits per heavy atom. The number of rotatable bonds is 8. The van der Waals surface area contributed by atoms with Gasteiger partial charge in [0, 0.05) is 12.8 Å². The average molecular weight is 213 g/mol. The molecule has 0 aliphatic rings. The molecule has 0 heterocycles. The van der Waals surface area contributed by atoms with Gasteiger partial charge in [-0.2, -0.15) is 0 Å². The van der Waals surface area contributed by atoms with E-state index >= 15 is 0 Å². The van der Waals surface area contributed by atoms with E-state index in [-0.39, 0.29) is 17.7 Å². The van der Waals surface area contributed by atoms with Crippen LogP contribution in [0.1, 0.15) is 59.3 Å². The van der Waals surface area contributed by atoms with Crippen LogP contribution in [-0.2, 0) is 9.59 Å². The van der Waals surface area contributed by atoms with Gasteiger partial charge in [-0.05, 0) is 13.3 Å². The van der Waals surface area contributed by atoms with Crippen LogP contribution in [0.25, 0.3) is 0 Å². The van der Waals surface area contributed by atoms with Crippen LogP contribution in [0.15, 0.2) is 0 Å². The molecule has 1 amide bonds. The molecule has 0 aromatic rings. The molecule has 0 rings (SSSR count). The first-order valence-electron chi connectivity index (χ1n) is 5.93. The Morgan fingerprint density at radius 3 is 2.33 bits per heavy atom. The van der Waals surface area contributed by atoms with Gasteiger partial charge in [-0.25, -0.2) is 0 Å². The first kappa shape index (κ1) is 14.1. The zero-order chi connectivity index (χ0) is 11.7. The molecule has 0 saturated carbocycles. The van der Waals surface area contributed by atoms with Crippen molar-refractivity contribution in [1.29, 1.82) is 0 Å². The highest BCUT2D eigenvalue weighted by atomic mass is 16.2. The highest BCUT2D eigenvalue weighted by Gasteiger charge is 2.12. The third-order valence-corrected chi connectivity index (χ3v) is 2.47. The van der Waals surface area contributed by atoms with Crippen LogP contribution >= 0.6 is 0 Å². The summed E-state index contributed by atoms with van der Waals surface area (Å²) in [5.74, 6) is 0.0947. The van der Waals surface area contributed by atoms with Crippen LogP contribution in [0.5, 0.6) is 0 Å². The monoisotopic (exact) mass is 213 g/mol. The number of amides is 1. The lowest BCUT2D eigenvalue weighted by atomic mass is 10.1. The molecule has 88 valence electrons. The number of Topliss-reactive ketones (excluding diaryl/α,β-unsaturated/α-hetero) is 1. The lowest BCUT2D eigenvalue weighted by Gasteiger charge is -2.11. The summed E-state index contributed by atoms with van der Waals surface area (Å²) in [5.41, 5.74) is 0. The van der Waals surface area contributed by atoms with Gasteiger partial charge in [-0.15, -0.1) is 0 Å². The van der Waals surface area contributed by atoms with Crippen LogP contribution in [-0.4, -0.2) is 17.7 Å². The fourth-order valence-electron chi connectivity index (χ4n) is 1.41. The summed E-state index contributed by atoms with van der Waals surface area (Å²) in [6.07, 6.45) is 5.40. The molecule has 0 spiro atoms. The summed E-state index contributed by atoms with van der Waals surface area (Å²) < 4.78 is 0. The van der Waals surface area contributed by atoms with Gasteiger partial charge in [0.25, 0.3) is 0 Å². The van der Waals surface area contributed by atoms with E-state index in [1.807, 2.05) is 6.92 Å². The topological polar surface area (TPSA) is 46.2 Å². The third kappa shape index (κ3) is 7.11. The van der Waals surface area contributed by atoms with Gasteiger partial charge >= 0.3 is 0 Å². The fourth-order valence-corrected chi connectivity index (χ4v) is 1.41. The molecule has 3 nitrogen and oxygen atoms in total. The van der Waals surface area contributed by atoms with Crippen molar-refractivity contribution in [2.24, 2.45) is 0 Å². The Balaban J connectivity index is 3.60. The number of ketones is 1. The predicted molar refractivity (Wildman–Crippen MR) is 61.7 cm³/mol. The van der Waals surface area contributed by atoms with Crippen LogP contribution in [0.2, 0.25) is 0 Å². The van der Waals surface area contributed by atoms with E-state index in [4.69, 9.17) is 0 Å². The summed E-state index contributed by atoms with van der Waals surface area (Å²) in [7, 11) is 0. The molecule has 15 heavy (non-hydrogen) atoms. The molecule has 3 heteroatoms. The standard InChI is InChI=1S/C12H23NO2/c1-4-6-7-8-9-12(15)13-10(3)11(14)5-2/h10H,4-9H2,1-3H3,(H,13,15). The molecule has 1 atom stereocenters. The second-order valence-corrected chi connectivity index (χ2v) is 3.92. The van der Waals surface area contributed by atoms with Gasteiger partial charge < -0.3 is 5.32 Å². The number of unbranched alkanes of at least 4 members (excludes halogenated alkanes) is 3. The van der Waals surface area contributed by atoms with Crippen molar-refractivity contribution in [2.75, 3.05) is 0 Å². The summed E-state index contributed by atoms with van der Waals surface area (Å²) in [6.45, 7) is 5.70. The van der Waals surface area contributed by atoms with Crippen molar-refractivity contribution in [3.05, 3.63) is 0 Å². The second kappa shape index (κ2) is 8.45. The molecule has 0 bridgehead atoms. The van der Waals surface area contributed by atoms with E-state index in [0.717, 1.165) is 12.8 Å². The molecule has 0 radical (unpaired) electrons. The molecule has 1 N–H and O–H groups in total. The Labute approximate surface area is 92.6 Å². The summed E-state index contributed by atoms with van der Waals surface area (Å²) in [5, 5.41) is 2.72. The van der Waals surface area contributed by atoms with Crippen molar-refractivity contribution in [3.63, 3.8) is 0 Å². The Kier molecular flexibility index (Phi) is 7.96. The Bertz CT molecular complexity index is 202. The van der Waals surface area contributed by atoms with Crippen molar-refractivity contribution in [1.82, 2.24) is 5.32 Å². The lowest BCUT2D eigenvalue weighted by molar-refractivity contribution is -0.127. The molecule has 0 aliphatic carbocycles. The van der Waals surface area contributed by atoms with E-state index in [1.54, 1.807) is 6.92 Å². The second-order valence-electron chi connectivity index (χ2n) is 3.92. The molecule has 0 fully saturated rings. The first-order valence-corrected chi connectivity index (χ1v) is 5.93. The largest absolute Gasteiger partial charge is 0.347 e. The number of nitrogens with one attached hydrogen (secondary N) is 1. The minimum absolute atomic E-state index is 0.000373. The zero-order valence-electron chi connectivity index (χ0n) is 10.1. The van der Waals surface area contributed by atoms with Gasteiger partial charge in [0.15, 0.2) is 5.78 Å². The van der Waals surface area contributed by atoms with Crippen molar-refractivity contribution in [3.8, 4) is 0 Å². The van der Waals surface area contributed by atoms with E-state index in [9.17, 15) is 9.59 Å². The summed E-state index contributed by atoms with van der Waals surface area (Å²) in [4.78, 5) is 22.6. The minimum Gasteiger partial charge on any atom is -0.347 e. The summed E-state index contributed by atoms with van der Waals surface area (Å²) >= 11 is 0. The van der Waals surface area contributed by atoms with Gasteiger partial charge in [0.05, 0.1) is 6.04 Å². The van der Waals surface area contributed by atoms with Crippen LogP contribution < -0.4 is 5.32 Å². The van der Waals surface area contributed by atoms with Crippen LogP contribution in [0.4, 0.5) is 0 Å². The van der Waals surface area contributed by atoms with Crippen molar-refractivity contribution in [2.45, 2.75) is 65.3 Å². The predicted octanol–water partition coefficient (Wildman–Crippen LogP) is 2.44. The molecule has 0 saturated heterocycles. The number of carbonyl (C=O) groups is 2. The number of carbonyl (C=O) groups excluding carboxylic acids is 2. The highest BCUT2D eigenvalue weighted by Crippen LogP contribution is 2.02. The van der Waals surface area contributed by atoms with Gasteiger partial charge in [0.1, 0.15) is 0 Å². The summed E-state index contributed by atoms with van der Waals surface area (Å²) in [6, 6.07) is -0.325. The van der Waals surface area contributed by atoms with Crippen LogP contribution in [0, 0.1) is 0 Å². The number of hydrogen-bond donors (Lipinski definition) is 1. The maximum absolute atomic E-state index is 11.4. The van der Waals surface area contributed by atoms with Crippen LogP contribution in [0.3, 0.4) is 0 Å². The van der Waals surface area contributed by atoms with Gasteiger partial charge in [-0.3, -0.25) is 9.59 Å². The van der Waals surface area contributed by atoms with Crippen molar-refractivity contribution >= 4 is 11.7 Å². The maximum atomic E-state index is 11.4. The van der Waals surface area contributed by atoms with E-state index in [2.05, 4.69) is 12.2 Å². The molecule has 0 aromatic heterocycles. The highest BCUT2D eigenvalue weighted by molar-refractivity contribution is 5.88. The van der Waals surface area contributed by atoms with E-state index in [1.165, 1.54) is 12.8 Å². The average Bonchev–Trinajstić information content (AvgIpc) is 2.23. The molecule has 1 unspecified atom stereocenters. The lowest BCUT2D eigenvalue weighted by Crippen LogP contribution is -2.38. The smallest absolute Gasteiger partial charge is 0.220 e. The third-order valence-electron chi connectivity index (χ3n) is 2.47. The molecular weight excluding hydrogens is 190 g/mol. The molecular formula is C12H23NO2. The first-order chi connectivity index (χ1) is 7.11. The normalized spacial score (nSPS) is 12.2. The Morgan fingerprint density at radius 1 is 1.13 bits per heavy atom. The van der Waals surface area contributed by atoms with Gasteiger partial charge in [0.2, 0.25) is 5.91 Å². The Hall–Kier alpha value is -0.860. The molecule has 0 aliphatic heterocycles. The quantitative estimate of drug-likeness (QED) is 0.629.